The van der Waals surface area contributed by atoms with Gasteiger partial charge in [-0.05, 0) is 12.1 Å². The van der Waals surface area contributed by atoms with Crippen LogP contribution in [0, 0.1) is 0 Å². The summed E-state index contributed by atoms with van der Waals surface area (Å²) in [5.41, 5.74) is 5.25. The number of hydrogen-bond donors (Lipinski definition) is 2. The summed E-state index contributed by atoms with van der Waals surface area (Å²) in [6.45, 7) is 0. The smallest absolute Gasteiger partial charge is 0.475 e. The minimum Gasteiger partial charge on any atom is -0.475 e. The highest BCUT2D eigenvalue weighted by molar-refractivity contribution is 6.43. The van der Waals surface area contributed by atoms with Crippen LogP contribution in [0.5, 0.6) is 0 Å². The largest absolute Gasteiger partial charge is 0.490 e. The van der Waals surface area contributed by atoms with E-state index < -0.39 is 18.1 Å². The minimum atomic E-state index is -5.08. The van der Waals surface area contributed by atoms with Crippen molar-refractivity contribution in [2.45, 2.75) is 6.18 Å². The number of primary amides is 1. The zero-order valence-electron chi connectivity index (χ0n) is 8.46. The number of alkyl halides is 3. The van der Waals surface area contributed by atoms with E-state index in [2.05, 4.69) is 0 Å². The molecule has 0 atom stereocenters. The minimum absolute atomic E-state index is 0.210. The van der Waals surface area contributed by atoms with Gasteiger partial charge in [0.1, 0.15) is 0 Å². The number of carbonyl (C=O) groups excluding carboxylic acids is 1. The lowest BCUT2D eigenvalue weighted by Crippen LogP contribution is -2.21. The summed E-state index contributed by atoms with van der Waals surface area (Å²) >= 11 is 11.3. The van der Waals surface area contributed by atoms with Gasteiger partial charge in [-0.1, -0.05) is 29.3 Å². The molecule has 0 spiro atoms. The molecule has 18 heavy (non-hydrogen) atoms. The van der Waals surface area contributed by atoms with Crippen LogP contribution in [-0.4, -0.2) is 23.2 Å². The number of amides is 1. The molecule has 0 fully saturated rings. The Balaban J connectivity index is 0.000000360. The first kappa shape index (κ1) is 16.5. The Hall–Kier alpha value is -1.47. The van der Waals surface area contributed by atoms with E-state index in [1.807, 2.05) is 0 Å². The Morgan fingerprint density at radius 1 is 1.22 bits per heavy atom. The standard InChI is InChI=1S/C7H5Cl2NO.C2HF3O2/c8-5-3-1-2-4(6(5)9)7(10)11;3-2(4,5)1(6)7/h1-3H,(H2,10,11);(H,6,7). The number of carboxylic acid groups (broad SMARTS) is 1. The van der Waals surface area contributed by atoms with Gasteiger partial charge in [0.2, 0.25) is 5.91 Å². The summed E-state index contributed by atoms with van der Waals surface area (Å²) < 4.78 is 31.7. The van der Waals surface area contributed by atoms with Gasteiger partial charge in [-0.25, -0.2) is 4.79 Å². The van der Waals surface area contributed by atoms with Gasteiger partial charge >= 0.3 is 12.1 Å². The second-order valence-corrected chi connectivity index (χ2v) is 3.55. The van der Waals surface area contributed by atoms with Gasteiger partial charge in [0.05, 0.1) is 15.6 Å². The molecule has 0 aliphatic carbocycles. The summed E-state index contributed by atoms with van der Waals surface area (Å²) in [5, 5.41) is 7.67. The highest BCUT2D eigenvalue weighted by Crippen LogP contribution is 2.24. The molecule has 1 aromatic carbocycles. The number of aliphatic carboxylic acids is 1. The van der Waals surface area contributed by atoms with Gasteiger partial charge in [0.15, 0.2) is 0 Å². The number of rotatable bonds is 1. The monoisotopic (exact) mass is 303 g/mol. The normalized spacial score (nSPS) is 10.3. The summed E-state index contributed by atoms with van der Waals surface area (Å²) in [7, 11) is 0. The molecule has 9 heteroatoms. The van der Waals surface area contributed by atoms with E-state index in [0.29, 0.717) is 5.02 Å². The molecule has 0 bridgehead atoms. The first-order valence-corrected chi connectivity index (χ1v) is 4.87. The van der Waals surface area contributed by atoms with Crippen molar-refractivity contribution in [1.29, 1.82) is 0 Å². The lowest BCUT2D eigenvalue weighted by atomic mass is 10.2. The predicted molar refractivity (Wildman–Crippen MR) is 58.7 cm³/mol. The molecule has 0 aliphatic heterocycles. The molecule has 0 aromatic heterocycles. The molecule has 1 aromatic rings. The second-order valence-electron chi connectivity index (χ2n) is 2.77. The maximum absolute atomic E-state index is 10.7. The highest BCUT2D eigenvalue weighted by Gasteiger charge is 2.38. The molecule has 1 amide bonds. The number of carboxylic acids is 1. The molecular formula is C9H6Cl2F3NO3. The highest BCUT2D eigenvalue weighted by atomic mass is 35.5. The second kappa shape index (κ2) is 6.46. The molecule has 3 N–H and O–H groups in total. The first-order valence-electron chi connectivity index (χ1n) is 4.11. The molecule has 100 valence electrons. The third kappa shape index (κ3) is 5.24. The Bertz CT molecular complexity index is 463. The Kier molecular flexibility index (Phi) is 5.93. The van der Waals surface area contributed by atoms with Gasteiger partial charge < -0.3 is 10.8 Å². The summed E-state index contributed by atoms with van der Waals surface area (Å²) in [5.74, 6) is -3.33. The maximum atomic E-state index is 10.7. The van der Waals surface area contributed by atoms with Gasteiger partial charge in [-0.15, -0.1) is 0 Å². The van der Waals surface area contributed by atoms with E-state index >= 15 is 0 Å². The molecule has 4 nitrogen and oxygen atoms in total. The number of halogens is 5. The summed E-state index contributed by atoms with van der Waals surface area (Å²) in [6.07, 6.45) is -5.08. The van der Waals surface area contributed by atoms with E-state index in [9.17, 15) is 18.0 Å². The number of nitrogens with two attached hydrogens (primary N) is 1. The average Bonchev–Trinajstić information content (AvgIpc) is 2.21. The van der Waals surface area contributed by atoms with Crippen molar-refractivity contribution in [2.75, 3.05) is 0 Å². The quantitative estimate of drug-likeness (QED) is 0.837. The lowest BCUT2D eigenvalue weighted by molar-refractivity contribution is -0.192. The summed E-state index contributed by atoms with van der Waals surface area (Å²) in [6, 6.07) is 4.74. The first-order chi connectivity index (χ1) is 8.07. The lowest BCUT2D eigenvalue weighted by Gasteiger charge is -1.99. The predicted octanol–water partition coefficient (Wildman–Crippen LogP) is 2.73. The maximum Gasteiger partial charge on any atom is 0.490 e. The van der Waals surface area contributed by atoms with Crippen molar-refractivity contribution in [1.82, 2.24) is 0 Å². The Morgan fingerprint density at radius 2 is 1.67 bits per heavy atom. The molecule has 0 radical (unpaired) electrons. The molecule has 0 aliphatic rings. The van der Waals surface area contributed by atoms with E-state index in [0.717, 1.165) is 0 Å². The summed E-state index contributed by atoms with van der Waals surface area (Å²) in [4.78, 5) is 19.5. The molecule has 0 unspecified atom stereocenters. The van der Waals surface area contributed by atoms with Crippen molar-refractivity contribution < 1.29 is 27.9 Å². The van der Waals surface area contributed by atoms with Crippen molar-refractivity contribution in [3.8, 4) is 0 Å². The van der Waals surface area contributed by atoms with Crippen LogP contribution in [0.4, 0.5) is 13.2 Å². The fourth-order valence-electron chi connectivity index (χ4n) is 0.694. The van der Waals surface area contributed by atoms with Crippen molar-refractivity contribution in [3.05, 3.63) is 33.8 Å². The third-order valence-electron chi connectivity index (χ3n) is 1.46. The molecular weight excluding hydrogens is 298 g/mol. The third-order valence-corrected chi connectivity index (χ3v) is 2.28. The van der Waals surface area contributed by atoms with Crippen LogP contribution in [0.1, 0.15) is 10.4 Å². The van der Waals surface area contributed by atoms with Crippen LogP contribution in [0.2, 0.25) is 10.0 Å². The fourth-order valence-corrected chi connectivity index (χ4v) is 1.09. The number of hydrogen-bond acceptors (Lipinski definition) is 2. The van der Waals surface area contributed by atoms with Crippen LogP contribution in [0.15, 0.2) is 18.2 Å². The van der Waals surface area contributed by atoms with Crippen LogP contribution in [-0.2, 0) is 4.79 Å². The SMILES string of the molecule is NC(=O)c1cccc(Cl)c1Cl.O=C(O)C(F)(F)F. The fraction of sp³-hybridized carbons (Fsp3) is 0.111. The molecule has 0 saturated carbocycles. The topological polar surface area (TPSA) is 80.4 Å². The number of benzene rings is 1. The molecule has 1 rings (SSSR count). The van der Waals surface area contributed by atoms with Crippen LogP contribution in [0.25, 0.3) is 0 Å². The number of carbonyl (C=O) groups is 2. The van der Waals surface area contributed by atoms with Crippen LogP contribution >= 0.6 is 23.2 Å². The zero-order chi connectivity index (χ0) is 14.5. The van der Waals surface area contributed by atoms with Gasteiger partial charge in [-0.2, -0.15) is 13.2 Å². The molecule has 0 heterocycles. The van der Waals surface area contributed by atoms with Gasteiger partial charge in [0, 0.05) is 0 Å². The van der Waals surface area contributed by atoms with E-state index in [1.54, 1.807) is 12.1 Å². The van der Waals surface area contributed by atoms with Gasteiger partial charge in [0.25, 0.3) is 0 Å². The van der Waals surface area contributed by atoms with Crippen LogP contribution in [0.3, 0.4) is 0 Å². The van der Waals surface area contributed by atoms with Crippen molar-refractivity contribution in [3.63, 3.8) is 0 Å². The van der Waals surface area contributed by atoms with E-state index in [-0.39, 0.29) is 10.6 Å². The van der Waals surface area contributed by atoms with E-state index in [1.165, 1.54) is 6.07 Å². The molecule has 0 saturated heterocycles. The average molecular weight is 304 g/mol. The van der Waals surface area contributed by atoms with Crippen LogP contribution < -0.4 is 5.73 Å². The van der Waals surface area contributed by atoms with Crippen molar-refractivity contribution in [2.24, 2.45) is 5.73 Å². The van der Waals surface area contributed by atoms with E-state index in [4.69, 9.17) is 38.8 Å². The van der Waals surface area contributed by atoms with Crippen molar-refractivity contribution >= 4 is 35.1 Å². The van der Waals surface area contributed by atoms with Gasteiger partial charge in [-0.3, -0.25) is 4.79 Å². The zero-order valence-corrected chi connectivity index (χ0v) is 9.97. The Morgan fingerprint density at radius 3 is 1.94 bits per heavy atom. The Labute approximate surface area is 109 Å².